The monoisotopic (exact) mass is 379 g/mol. The zero-order valence-corrected chi connectivity index (χ0v) is 15.7. The Hall–Kier alpha value is -3.41. The van der Waals surface area contributed by atoms with Crippen LogP contribution in [0.25, 0.3) is 5.76 Å². The van der Waals surface area contributed by atoms with E-state index in [0.29, 0.717) is 29.8 Å². The molecule has 144 valence electrons. The number of hydrogen-bond donors (Lipinski definition) is 1. The number of Topliss-reactive ketones (excluding diaryl/α,β-unsaturated/α-hetero) is 1. The first-order valence-electron chi connectivity index (χ1n) is 9.06. The molecule has 0 saturated carbocycles. The number of ether oxygens (including phenoxy) is 1. The Balaban J connectivity index is 2.10. The van der Waals surface area contributed by atoms with Gasteiger partial charge in [-0.25, -0.2) is 0 Å². The average molecular weight is 379 g/mol. The summed E-state index contributed by atoms with van der Waals surface area (Å²) in [6.45, 7) is 3.60. The van der Waals surface area contributed by atoms with Crippen LogP contribution in [0.2, 0.25) is 0 Å². The molecule has 2 aromatic rings. The first kappa shape index (κ1) is 19.4. The molecule has 1 aliphatic heterocycles. The average Bonchev–Trinajstić information content (AvgIpc) is 2.93. The number of aliphatic hydroxyl groups excluding tert-OH is 1. The van der Waals surface area contributed by atoms with E-state index in [1.165, 1.54) is 11.8 Å². The van der Waals surface area contributed by atoms with Gasteiger partial charge in [0.05, 0.1) is 11.6 Å². The van der Waals surface area contributed by atoms with Crippen LogP contribution in [0.5, 0.6) is 5.75 Å². The van der Waals surface area contributed by atoms with E-state index in [1.807, 2.05) is 6.92 Å². The lowest BCUT2D eigenvalue weighted by atomic mass is 9.95. The summed E-state index contributed by atoms with van der Waals surface area (Å²) in [5, 5.41) is 10.8. The molecule has 1 heterocycles. The van der Waals surface area contributed by atoms with Gasteiger partial charge in [0.2, 0.25) is 0 Å². The highest BCUT2D eigenvalue weighted by molar-refractivity contribution is 6.46. The van der Waals surface area contributed by atoms with Crippen molar-refractivity contribution in [2.24, 2.45) is 0 Å². The Kier molecular flexibility index (Phi) is 5.59. The van der Waals surface area contributed by atoms with E-state index in [4.69, 9.17) is 4.74 Å². The number of likely N-dealkylation sites (tertiary alicyclic amines) is 1. The van der Waals surface area contributed by atoms with Crippen molar-refractivity contribution in [3.05, 3.63) is 71.3 Å². The highest BCUT2D eigenvalue weighted by Gasteiger charge is 2.45. The molecule has 1 saturated heterocycles. The first-order chi connectivity index (χ1) is 13.4. The highest BCUT2D eigenvalue weighted by Crippen LogP contribution is 2.39. The topological polar surface area (TPSA) is 83.9 Å². The van der Waals surface area contributed by atoms with Crippen LogP contribution < -0.4 is 4.74 Å². The minimum absolute atomic E-state index is 0.0601. The van der Waals surface area contributed by atoms with Gasteiger partial charge in [0.1, 0.15) is 11.5 Å². The van der Waals surface area contributed by atoms with E-state index in [9.17, 15) is 19.5 Å². The van der Waals surface area contributed by atoms with Crippen LogP contribution in [0.1, 0.15) is 37.4 Å². The van der Waals surface area contributed by atoms with Crippen LogP contribution >= 0.6 is 0 Å². The van der Waals surface area contributed by atoms with Crippen molar-refractivity contribution >= 4 is 23.4 Å². The maximum Gasteiger partial charge on any atom is 0.308 e. The maximum absolute atomic E-state index is 12.7. The molecule has 2 aromatic carbocycles. The molecule has 28 heavy (non-hydrogen) atoms. The number of rotatable bonds is 5. The minimum Gasteiger partial charge on any atom is -0.507 e. The summed E-state index contributed by atoms with van der Waals surface area (Å²) in [6.07, 6.45) is 0.667. The molecule has 0 aromatic heterocycles. The van der Waals surface area contributed by atoms with Crippen molar-refractivity contribution in [2.45, 2.75) is 26.3 Å². The third-order valence-corrected chi connectivity index (χ3v) is 4.51. The van der Waals surface area contributed by atoms with Gasteiger partial charge in [-0.2, -0.15) is 0 Å². The Morgan fingerprint density at radius 1 is 1.07 bits per heavy atom. The molecule has 0 aliphatic carbocycles. The van der Waals surface area contributed by atoms with Gasteiger partial charge in [-0.3, -0.25) is 14.4 Å². The number of amides is 1. The van der Waals surface area contributed by atoms with Crippen LogP contribution in [-0.2, 0) is 14.4 Å². The predicted octanol–water partition coefficient (Wildman–Crippen LogP) is 3.44. The second kappa shape index (κ2) is 8.08. The van der Waals surface area contributed by atoms with Crippen LogP contribution in [0, 0.1) is 0 Å². The van der Waals surface area contributed by atoms with Crippen molar-refractivity contribution in [3.63, 3.8) is 0 Å². The molecule has 6 heteroatoms. The van der Waals surface area contributed by atoms with E-state index >= 15 is 0 Å². The molecule has 1 N–H and O–H groups in total. The van der Waals surface area contributed by atoms with Gasteiger partial charge in [0.25, 0.3) is 11.7 Å². The van der Waals surface area contributed by atoms with Crippen molar-refractivity contribution in [3.8, 4) is 5.75 Å². The maximum atomic E-state index is 12.7. The number of ketones is 1. The Bertz CT molecular complexity index is 931. The third kappa shape index (κ3) is 3.67. The molecule has 0 spiro atoms. The molecule has 6 nitrogen and oxygen atoms in total. The van der Waals surface area contributed by atoms with Crippen LogP contribution in [0.4, 0.5) is 0 Å². The van der Waals surface area contributed by atoms with Crippen molar-refractivity contribution in [2.75, 3.05) is 6.54 Å². The summed E-state index contributed by atoms with van der Waals surface area (Å²) < 4.78 is 5.04. The fourth-order valence-corrected chi connectivity index (χ4v) is 3.33. The van der Waals surface area contributed by atoms with Crippen LogP contribution in [-0.4, -0.2) is 34.2 Å². The number of nitrogens with zero attached hydrogens (tertiary/aromatic N) is 1. The van der Waals surface area contributed by atoms with Crippen molar-refractivity contribution < 1.29 is 24.2 Å². The molecule has 1 atom stereocenters. The van der Waals surface area contributed by atoms with Gasteiger partial charge in [0.15, 0.2) is 0 Å². The number of hydrogen-bond acceptors (Lipinski definition) is 5. The smallest absolute Gasteiger partial charge is 0.308 e. The lowest BCUT2D eigenvalue weighted by Gasteiger charge is -2.25. The molecule has 1 unspecified atom stereocenters. The standard InChI is InChI=1S/C22H21NO5/c1-3-13-23-19(15-9-11-17(12-10-15)28-14(2)24)18(21(26)22(23)27)20(25)16-7-5-4-6-8-16/h4-12,19,25H,3,13H2,1-2H3/b20-18-. The summed E-state index contributed by atoms with van der Waals surface area (Å²) in [5.41, 5.74) is 1.18. The molecule has 0 bridgehead atoms. The molecule has 3 rings (SSSR count). The second-order valence-electron chi connectivity index (χ2n) is 6.52. The zero-order chi connectivity index (χ0) is 20.3. The molecular weight excluding hydrogens is 358 g/mol. The van der Waals surface area contributed by atoms with E-state index in [1.54, 1.807) is 54.6 Å². The van der Waals surface area contributed by atoms with Crippen LogP contribution in [0.3, 0.4) is 0 Å². The molecule has 1 amide bonds. The van der Waals surface area contributed by atoms with Gasteiger partial charge in [-0.05, 0) is 24.1 Å². The van der Waals surface area contributed by atoms with Gasteiger partial charge in [-0.15, -0.1) is 0 Å². The number of aliphatic hydroxyl groups is 1. The number of carbonyl (C=O) groups is 3. The largest absolute Gasteiger partial charge is 0.507 e. The number of esters is 1. The van der Waals surface area contributed by atoms with Gasteiger partial charge < -0.3 is 14.7 Å². The van der Waals surface area contributed by atoms with E-state index in [0.717, 1.165) is 0 Å². The van der Waals surface area contributed by atoms with Crippen LogP contribution in [0.15, 0.2) is 60.2 Å². The molecule has 1 aliphatic rings. The fraction of sp³-hybridized carbons (Fsp3) is 0.227. The summed E-state index contributed by atoms with van der Waals surface area (Å²) in [5.74, 6) is -1.61. The minimum atomic E-state index is -0.705. The SMILES string of the molecule is CCCN1C(=O)C(=O)/C(=C(\O)c2ccccc2)C1c1ccc(OC(C)=O)cc1. The molecular formula is C22H21NO5. The predicted molar refractivity (Wildman–Crippen MR) is 103 cm³/mol. The lowest BCUT2D eigenvalue weighted by molar-refractivity contribution is -0.139. The van der Waals surface area contributed by atoms with E-state index < -0.39 is 23.7 Å². The Morgan fingerprint density at radius 3 is 2.29 bits per heavy atom. The highest BCUT2D eigenvalue weighted by atomic mass is 16.5. The first-order valence-corrected chi connectivity index (χ1v) is 9.06. The van der Waals surface area contributed by atoms with Gasteiger partial charge in [-0.1, -0.05) is 49.4 Å². The van der Waals surface area contributed by atoms with Gasteiger partial charge in [0, 0.05) is 19.0 Å². The van der Waals surface area contributed by atoms with Gasteiger partial charge >= 0.3 is 5.97 Å². The summed E-state index contributed by atoms with van der Waals surface area (Å²) in [6, 6.07) is 14.6. The quantitative estimate of drug-likeness (QED) is 0.283. The number of benzene rings is 2. The summed E-state index contributed by atoms with van der Waals surface area (Å²) in [7, 11) is 0. The molecule has 1 fully saturated rings. The normalized spacial score (nSPS) is 18.4. The van der Waals surface area contributed by atoms with Crippen molar-refractivity contribution in [1.82, 2.24) is 4.90 Å². The van der Waals surface area contributed by atoms with E-state index in [-0.39, 0.29) is 11.3 Å². The zero-order valence-electron chi connectivity index (χ0n) is 15.7. The third-order valence-electron chi connectivity index (χ3n) is 4.51. The fourth-order valence-electron chi connectivity index (χ4n) is 3.33. The van der Waals surface area contributed by atoms with E-state index in [2.05, 4.69) is 0 Å². The Morgan fingerprint density at radius 2 is 1.71 bits per heavy atom. The lowest BCUT2D eigenvalue weighted by Crippen LogP contribution is -2.30. The summed E-state index contributed by atoms with van der Waals surface area (Å²) >= 11 is 0. The van der Waals surface area contributed by atoms with Crippen molar-refractivity contribution in [1.29, 1.82) is 0 Å². The molecule has 0 radical (unpaired) electrons. The second-order valence-corrected chi connectivity index (χ2v) is 6.52. The number of carbonyl (C=O) groups excluding carboxylic acids is 3. The Labute approximate surface area is 163 Å². The summed E-state index contributed by atoms with van der Waals surface area (Å²) in [4.78, 5) is 37.9.